The Kier molecular flexibility index (Phi) is 4.47. The van der Waals surface area contributed by atoms with E-state index in [0.29, 0.717) is 6.67 Å². The van der Waals surface area contributed by atoms with Crippen LogP contribution in [-0.2, 0) is 0 Å². The van der Waals surface area contributed by atoms with E-state index in [1.54, 1.807) is 12.1 Å². The third-order valence-electron chi connectivity index (χ3n) is 1.41. The zero-order chi connectivity index (χ0) is 10.2. The number of isothiocyanates is 1. The maximum absolute atomic E-state index is 4.43. The number of nitrogens with zero attached hydrogens (tertiary/aromatic N) is 4. The average Bonchev–Trinajstić information content (AvgIpc) is 2.25. The molecule has 0 aliphatic heterocycles. The molecular weight excluding hydrogens is 196 g/mol. The van der Waals surface area contributed by atoms with Gasteiger partial charge in [0, 0.05) is 7.05 Å². The zero-order valence-corrected chi connectivity index (χ0v) is 8.61. The molecule has 0 radical (unpaired) electrons. The smallest absolute Gasteiger partial charge is 0.138 e. The van der Waals surface area contributed by atoms with E-state index in [0.717, 1.165) is 5.69 Å². The molecule has 0 heterocycles. The molecule has 0 saturated heterocycles. The lowest BCUT2D eigenvalue weighted by molar-refractivity contribution is 0.345. The van der Waals surface area contributed by atoms with Crippen LogP contribution in [0.2, 0.25) is 0 Å². The predicted octanol–water partition coefficient (Wildman–Crippen LogP) is 2.68. The van der Waals surface area contributed by atoms with E-state index in [9.17, 15) is 0 Å². The summed E-state index contributed by atoms with van der Waals surface area (Å²) in [5.74, 6) is 0. The van der Waals surface area contributed by atoms with Gasteiger partial charge in [-0.3, -0.25) is 5.01 Å². The van der Waals surface area contributed by atoms with Crippen molar-refractivity contribution in [2.45, 2.75) is 0 Å². The molecule has 0 spiro atoms. The van der Waals surface area contributed by atoms with Crippen LogP contribution in [0.4, 0.5) is 5.69 Å². The summed E-state index contributed by atoms with van der Waals surface area (Å²) < 4.78 is 0. The van der Waals surface area contributed by atoms with Crippen molar-refractivity contribution < 1.29 is 0 Å². The molecule has 0 aliphatic carbocycles. The van der Waals surface area contributed by atoms with Crippen molar-refractivity contribution in [3.8, 4) is 0 Å². The van der Waals surface area contributed by atoms with Gasteiger partial charge in [0.1, 0.15) is 6.67 Å². The number of thiocarbonyl (C=S) groups is 1. The monoisotopic (exact) mass is 206 g/mol. The lowest BCUT2D eigenvalue weighted by Gasteiger charge is -2.04. The Morgan fingerprint density at radius 3 is 2.71 bits per heavy atom. The van der Waals surface area contributed by atoms with Crippen molar-refractivity contribution in [2.24, 2.45) is 15.3 Å². The molecule has 0 atom stereocenters. The van der Waals surface area contributed by atoms with Crippen LogP contribution < -0.4 is 0 Å². The molecule has 14 heavy (non-hydrogen) atoms. The summed E-state index contributed by atoms with van der Waals surface area (Å²) in [6.07, 6.45) is 0. The molecule has 0 saturated carbocycles. The minimum atomic E-state index is 0.375. The highest BCUT2D eigenvalue weighted by Crippen LogP contribution is 2.10. The molecule has 1 aromatic carbocycles. The highest BCUT2D eigenvalue weighted by molar-refractivity contribution is 7.78. The minimum absolute atomic E-state index is 0.375. The first kappa shape index (κ1) is 10.5. The van der Waals surface area contributed by atoms with Gasteiger partial charge in [0.05, 0.1) is 10.8 Å². The quantitative estimate of drug-likeness (QED) is 0.329. The maximum atomic E-state index is 4.43. The van der Waals surface area contributed by atoms with Gasteiger partial charge in [-0.05, 0) is 24.4 Å². The van der Waals surface area contributed by atoms with E-state index in [2.05, 4.69) is 32.7 Å². The second-order valence-corrected chi connectivity index (χ2v) is 2.76. The summed E-state index contributed by atoms with van der Waals surface area (Å²) in [5.41, 5.74) is 0.811. The van der Waals surface area contributed by atoms with E-state index < -0.39 is 0 Å². The number of rotatable bonds is 4. The van der Waals surface area contributed by atoms with Gasteiger partial charge in [0.2, 0.25) is 0 Å². The van der Waals surface area contributed by atoms with Gasteiger partial charge < -0.3 is 0 Å². The average molecular weight is 206 g/mol. The van der Waals surface area contributed by atoms with E-state index in [4.69, 9.17) is 0 Å². The maximum Gasteiger partial charge on any atom is 0.138 e. The van der Waals surface area contributed by atoms with Gasteiger partial charge in [-0.2, -0.15) is 0 Å². The van der Waals surface area contributed by atoms with Crippen LogP contribution in [0.15, 0.2) is 45.7 Å². The standard InChI is InChI=1S/C9H10N4S/c1-13(7-10-8-14)12-11-9-5-3-2-4-6-9/h2-6H,7H2,1H3. The highest BCUT2D eigenvalue weighted by atomic mass is 32.1. The molecule has 1 rings (SSSR count). The number of hydrogen-bond acceptors (Lipinski definition) is 4. The fourth-order valence-corrected chi connectivity index (χ4v) is 0.840. The summed E-state index contributed by atoms with van der Waals surface area (Å²) in [4.78, 5) is 3.72. The highest BCUT2D eigenvalue weighted by Gasteiger charge is 1.89. The van der Waals surface area contributed by atoms with Crippen molar-refractivity contribution in [1.82, 2.24) is 5.01 Å². The number of hydrogen-bond donors (Lipinski definition) is 0. The molecule has 0 unspecified atom stereocenters. The zero-order valence-electron chi connectivity index (χ0n) is 7.79. The Morgan fingerprint density at radius 1 is 1.36 bits per heavy atom. The lowest BCUT2D eigenvalue weighted by Crippen LogP contribution is -2.08. The fourth-order valence-electron chi connectivity index (χ4n) is 0.782. The molecule has 0 fully saturated rings. The van der Waals surface area contributed by atoms with Gasteiger partial charge in [-0.1, -0.05) is 23.4 Å². The summed E-state index contributed by atoms with van der Waals surface area (Å²) in [5, 5.41) is 11.7. The molecule has 5 heteroatoms. The lowest BCUT2D eigenvalue weighted by atomic mass is 10.3. The van der Waals surface area contributed by atoms with Crippen LogP contribution in [0.1, 0.15) is 0 Å². The van der Waals surface area contributed by atoms with Crippen LogP contribution in [0.25, 0.3) is 0 Å². The van der Waals surface area contributed by atoms with Gasteiger partial charge >= 0.3 is 0 Å². The summed E-state index contributed by atoms with van der Waals surface area (Å²) >= 11 is 4.43. The molecule has 0 amide bonds. The summed E-state index contributed by atoms with van der Waals surface area (Å²) in [6, 6.07) is 9.49. The molecule has 0 N–H and O–H groups in total. The molecule has 4 nitrogen and oxygen atoms in total. The van der Waals surface area contributed by atoms with Crippen molar-refractivity contribution in [2.75, 3.05) is 13.7 Å². The van der Waals surface area contributed by atoms with Crippen molar-refractivity contribution in [3.63, 3.8) is 0 Å². The molecule has 0 bridgehead atoms. The Hall–Kier alpha value is -1.58. The van der Waals surface area contributed by atoms with Gasteiger partial charge in [-0.15, -0.1) is 5.11 Å². The van der Waals surface area contributed by atoms with Crippen LogP contribution in [0, 0.1) is 0 Å². The number of benzene rings is 1. The van der Waals surface area contributed by atoms with Gasteiger partial charge in [0.15, 0.2) is 0 Å². The second kappa shape index (κ2) is 5.96. The molecule has 0 aliphatic rings. The first-order valence-corrected chi connectivity index (χ1v) is 4.45. The van der Waals surface area contributed by atoms with Crippen molar-refractivity contribution in [1.29, 1.82) is 0 Å². The third kappa shape index (κ3) is 3.89. The third-order valence-corrected chi connectivity index (χ3v) is 1.54. The molecule has 0 aromatic heterocycles. The van der Waals surface area contributed by atoms with Crippen LogP contribution in [0.5, 0.6) is 0 Å². The second-order valence-electron chi connectivity index (χ2n) is 2.57. The Balaban J connectivity index is 2.51. The van der Waals surface area contributed by atoms with Crippen molar-refractivity contribution >= 4 is 23.1 Å². The predicted molar refractivity (Wildman–Crippen MR) is 58.6 cm³/mol. The first-order valence-electron chi connectivity index (χ1n) is 4.04. The number of aliphatic imine (C=N–C) groups is 1. The van der Waals surface area contributed by atoms with Gasteiger partial charge in [0.25, 0.3) is 0 Å². The van der Waals surface area contributed by atoms with E-state index >= 15 is 0 Å². The first-order chi connectivity index (χ1) is 6.83. The van der Waals surface area contributed by atoms with Crippen LogP contribution in [-0.4, -0.2) is 23.9 Å². The van der Waals surface area contributed by atoms with Crippen molar-refractivity contribution in [3.05, 3.63) is 30.3 Å². The normalized spacial score (nSPS) is 9.79. The Bertz CT molecular complexity index is 343. The topological polar surface area (TPSA) is 40.3 Å². The fraction of sp³-hybridized carbons (Fsp3) is 0.222. The molecule has 1 aromatic rings. The summed E-state index contributed by atoms with van der Waals surface area (Å²) in [7, 11) is 1.77. The Labute approximate surface area is 88.0 Å². The van der Waals surface area contributed by atoms with E-state index in [1.807, 2.05) is 30.3 Å². The molecule has 72 valence electrons. The Morgan fingerprint density at radius 2 is 2.07 bits per heavy atom. The SMILES string of the molecule is CN(CN=C=S)N=Nc1ccccc1. The van der Waals surface area contributed by atoms with Crippen LogP contribution in [0.3, 0.4) is 0 Å². The summed E-state index contributed by atoms with van der Waals surface area (Å²) in [6.45, 7) is 0.375. The molecular formula is C9H10N4S. The van der Waals surface area contributed by atoms with Gasteiger partial charge in [-0.25, -0.2) is 4.99 Å². The minimum Gasteiger partial charge on any atom is -0.259 e. The van der Waals surface area contributed by atoms with E-state index in [-0.39, 0.29) is 0 Å². The van der Waals surface area contributed by atoms with E-state index in [1.165, 1.54) is 0 Å². The van der Waals surface area contributed by atoms with Crippen LogP contribution >= 0.6 is 12.2 Å². The largest absolute Gasteiger partial charge is 0.259 e.